The van der Waals surface area contributed by atoms with Crippen LogP contribution < -0.4 is 10.6 Å². The lowest BCUT2D eigenvalue weighted by molar-refractivity contribution is -0.147. The number of benzene rings is 1. The number of likely N-dealkylation sites (tertiary alicyclic amines) is 2. The minimum atomic E-state index is -0.0702. The van der Waals surface area contributed by atoms with E-state index in [1.54, 1.807) is 7.05 Å². The fourth-order valence-electron chi connectivity index (χ4n) is 3.94. The minimum absolute atomic E-state index is 0.0702. The Balaban J connectivity index is 1.51. The third-order valence-corrected chi connectivity index (χ3v) is 5.46. The van der Waals surface area contributed by atoms with E-state index in [4.69, 9.17) is 0 Å². The molecule has 152 valence electrons. The Kier molecular flexibility index (Phi) is 7.42. The summed E-state index contributed by atoms with van der Waals surface area (Å²) in [6, 6.07) is 10.9. The molecule has 0 bridgehead atoms. The summed E-state index contributed by atoms with van der Waals surface area (Å²) in [5.74, 6) is 0.551. The van der Waals surface area contributed by atoms with E-state index in [1.807, 2.05) is 6.07 Å². The molecule has 2 fully saturated rings. The van der Waals surface area contributed by atoms with Crippen molar-refractivity contribution in [2.75, 3.05) is 39.8 Å². The summed E-state index contributed by atoms with van der Waals surface area (Å²) in [6.45, 7) is 3.87. The smallest absolute Gasteiger partial charge is 0.229 e. The van der Waals surface area contributed by atoms with Crippen LogP contribution in [0, 0.1) is 0 Å². The van der Waals surface area contributed by atoms with Gasteiger partial charge in [-0.2, -0.15) is 0 Å². The van der Waals surface area contributed by atoms with Crippen LogP contribution in [0.2, 0.25) is 0 Å². The van der Waals surface area contributed by atoms with Crippen molar-refractivity contribution in [1.29, 1.82) is 0 Å². The van der Waals surface area contributed by atoms with Gasteiger partial charge in [-0.3, -0.25) is 24.4 Å². The zero-order valence-corrected chi connectivity index (χ0v) is 16.7. The Hall–Kier alpha value is -2.41. The lowest BCUT2D eigenvalue weighted by Crippen LogP contribution is -2.47. The van der Waals surface area contributed by atoms with Gasteiger partial charge in [0.05, 0.1) is 6.04 Å². The molecule has 3 rings (SSSR count). The van der Waals surface area contributed by atoms with Gasteiger partial charge < -0.3 is 10.6 Å². The zero-order valence-electron chi connectivity index (χ0n) is 16.7. The quantitative estimate of drug-likeness (QED) is 0.423. The van der Waals surface area contributed by atoms with Crippen LogP contribution in [-0.2, 0) is 9.59 Å². The molecular weight excluding hydrogens is 354 g/mol. The predicted octanol–water partition coefficient (Wildman–Crippen LogP) is 1.53. The molecule has 7 nitrogen and oxygen atoms in total. The van der Waals surface area contributed by atoms with Gasteiger partial charge in [-0.25, -0.2) is 0 Å². The van der Waals surface area contributed by atoms with Crippen molar-refractivity contribution >= 4 is 17.8 Å². The van der Waals surface area contributed by atoms with Gasteiger partial charge in [0.15, 0.2) is 5.96 Å². The van der Waals surface area contributed by atoms with E-state index < -0.39 is 0 Å². The van der Waals surface area contributed by atoms with Gasteiger partial charge >= 0.3 is 0 Å². The molecule has 0 aliphatic carbocycles. The highest BCUT2D eigenvalue weighted by molar-refractivity contribution is 5.97. The van der Waals surface area contributed by atoms with Crippen LogP contribution in [0.5, 0.6) is 0 Å². The molecule has 0 radical (unpaired) electrons. The van der Waals surface area contributed by atoms with Crippen molar-refractivity contribution < 1.29 is 9.59 Å². The summed E-state index contributed by atoms with van der Waals surface area (Å²) in [5, 5.41) is 6.64. The van der Waals surface area contributed by atoms with Crippen molar-refractivity contribution in [2.24, 2.45) is 4.99 Å². The fraction of sp³-hybridized carbons (Fsp3) is 0.571. The maximum Gasteiger partial charge on any atom is 0.229 e. The second kappa shape index (κ2) is 10.2. The first kappa shape index (κ1) is 20.3. The van der Waals surface area contributed by atoms with Crippen LogP contribution in [0.4, 0.5) is 0 Å². The van der Waals surface area contributed by atoms with E-state index in [1.165, 1.54) is 23.3 Å². The molecule has 0 saturated carbocycles. The predicted molar refractivity (Wildman–Crippen MR) is 110 cm³/mol. The first-order chi connectivity index (χ1) is 13.7. The number of nitrogens with zero attached hydrogens (tertiary/aromatic N) is 3. The molecule has 0 aromatic heterocycles. The number of imide groups is 1. The highest BCUT2D eigenvalue weighted by Crippen LogP contribution is 2.24. The van der Waals surface area contributed by atoms with Crippen LogP contribution in [0.1, 0.15) is 43.7 Å². The molecular formula is C21H31N5O2. The van der Waals surface area contributed by atoms with Crippen LogP contribution >= 0.6 is 0 Å². The Morgan fingerprint density at radius 2 is 1.71 bits per heavy atom. The molecule has 2 aliphatic rings. The van der Waals surface area contributed by atoms with Gasteiger partial charge in [0.25, 0.3) is 0 Å². The number of guanidine groups is 1. The highest BCUT2D eigenvalue weighted by atomic mass is 16.2. The van der Waals surface area contributed by atoms with Gasteiger partial charge in [-0.1, -0.05) is 30.3 Å². The molecule has 2 amide bonds. The van der Waals surface area contributed by atoms with E-state index in [0.717, 1.165) is 19.6 Å². The summed E-state index contributed by atoms with van der Waals surface area (Å²) in [5.41, 5.74) is 1.30. The average molecular weight is 386 g/mol. The molecule has 2 N–H and O–H groups in total. The number of amides is 2. The van der Waals surface area contributed by atoms with Gasteiger partial charge in [0.1, 0.15) is 0 Å². The molecule has 28 heavy (non-hydrogen) atoms. The Bertz CT molecular complexity index is 669. The maximum absolute atomic E-state index is 11.9. The average Bonchev–Trinajstić information content (AvgIpc) is 3.24. The number of piperidine rings is 1. The minimum Gasteiger partial charge on any atom is -0.355 e. The van der Waals surface area contributed by atoms with Crippen molar-refractivity contribution in [1.82, 2.24) is 20.4 Å². The summed E-state index contributed by atoms with van der Waals surface area (Å²) in [4.78, 5) is 32.0. The normalized spacial score (nSPS) is 19.8. The lowest BCUT2D eigenvalue weighted by Gasteiger charge is -2.29. The molecule has 1 aromatic rings. The van der Waals surface area contributed by atoms with Crippen molar-refractivity contribution in [3.05, 3.63) is 35.9 Å². The topological polar surface area (TPSA) is 77.0 Å². The number of hydrogen-bond donors (Lipinski definition) is 2. The van der Waals surface area contributed by atoms with E-state index in [0.29, 0.717) is 44.4 Å². The number of hydrogen-bond acceptors (Lipinski definition) is 4. The van der Waals surface area contributed by atoms with E-state index in [9.17, 15) is 9.59 Å². The van der Waals surface area contributed by atoms with Gasteiger partial charge in [-0.15, -0.1) is 0 Å². The largest absolute Gasteiger partial charge is 0.355 e. The fourth-order valence-corrected chi connectivity index (χ4v) is 3.94. The molecule has 1 unspecified atom stereocenters. The number of carbonyl (C=O) groups is 2. The monoisotopic (exact) mass is 385 g/mol. The number of rotatable bonds is 7. The first-order valence-corrected chi connectivity index (χ1v) is 10.3. The summed E-state index contributed by atoms with van der Waals surface area (Å²) < 4.78 is 0. The van der Waals surface area contributed by atoms with Gasteiger partial charge in [0.2, 0.25) is 11.8 Å². The molecule has 1 atom stereocenters. The molecule has 1 aromatic carbocycles. The Morgan fingerprint density at radius 1 is 1.04 bits per heavy atom. The molecule has 0 spiro atoms. The summed E-state index contributed by atoms with van der Waals surface area (Å²) >= 11 is 0. The second-order valence-electron chi connectivity index (χ2n) is 7.34. The Labute approximate surface area is 167 Å². The maximum atomic E-state index is 11.9. The molecule has 2 saturated heterocycles. The van der Waals surface area contributed by atoms with Gasteiger partial charge in [0, 0.05) is 39.5 Å². The van der Waals surface area contributed by atoms with Crippen molar-refractivity contribution in [2.45, 2.75) is 38.1 Å². The van der Waals surface area contributed by atoms with Crippen LogP contribution in [0.15, 0.2) is 35.3 Å². The third-order valence-electron chi connectivity index (χ3n) is 5.46. The van der Waals surface area contributed by atoms with Gasteiger partial charge in [-0.05, 0) is 37.9 Å². The zero-order chi connectivity index (χ0) is 19.8. The first-order valence-electron chi connectivity index (χ1n) is 10.3. The van der Waals surface area contributed by atoms with E-state index in [2.05, 4.69) is 44.8 Å². The summed E-state index contributed by atoms with van der Waals surface area (Å²) in [6.07, 6.45) is 4.09. The van der Waals surface area contributed by atoms with Crippen LogP contribution in [-0.4, -0.2) is 67.3 Å². The van der Waals surface area contributed by atoms with Crippen LogP contribution in [0.25, 0.3) is 0 Å². The SMILES string of the molecule is CN=C(NCCN1C(=O)CCCC1=O)NCC(c1ccccc1)N1CCCC1. The van der Waals surface area contributed by atoms with E-state index in [-0.39, 0.29) is 11.8 Å². The molecule has 2 heterocycles. The van der Waals surface area contributed by atoms with Crippen molar-refractivity contribution in [3.8, 4) is 0 Å². The number of nitrogens with one attached hydrogen (secondary N) is 2. The molecule has 7 heteroatoms. The molecule has 2 aliphatic heterocycles. The van der Waals surface area contributed by atoms with E-state index >= 15 is 0 Å². The lowest BCUT2D eigenvalue weighted by atomic mass is 10.1. The Morgan fingerprint density at radius 3 is 2.36 bits per heavy atom. The summed E-state index contributed by atoms with van der Waals surface area (Å²) in [7, 11) is 1.74. The van der Waals surface area contributed by atoms with Crippen LogP contribution in [0.3, 0.4) is 0 Å². The highest BCUT2D eigenvalue weighted by Gasteiger charge is 2.26. The standard InChI is InChI=1S/C21H31N5O2/c1-22-21(23-12-15-26-19(27)10-7-11-20(26)28)24-16-18(25-13-5-6-14-25)17-8-3-2-4-9-17/h2-4,8-9,18H,5-7,10-16H2,1H3,(H2,22,23,24). The second-order valence-corrected chi connectivity index (χ2v) is 7.34. The number of aliphatic imine (C=N–C) groups is 1. The van der Waals surface area contributed by atoms with Crippen molar-refractivity contribution in [3.63, 3.8) is 0 Å². The number of carbonyl (C=O) groups excluding carboxylic acids is 2. The third kappa shape index (κ3) is 5.32.